The first-order valence-electron chi connectivity index (χ1n) is 6.75. The Kier molecular flexibility index (Phi) is 3.90. The number of halogens is 1. The Morgan fingerprint density at radius 1 is 1.57 bits per heavy atom. The highest BCUT2D eigenvalue weighted by Crippen LogP contribution is 2.29. The van der Waals surface area contributed by atoms with Crippen molar-refractivity contribution in [2.45, 2.75) is 18.9 Å². The van der Waals surface area contributed by atoms with Crippen LogP contribution in [0.4, 0.5) is 0 Å². The van der Waals surface area contributed by atoms with E-state index >= 15 is 0 Å². The maximum absolute atomic E-state index is 12.3. The molecule has 21 heavy (non-hydrogen) atoms. The van der Waals surface area contributed by atoms with Gasteiger partial charge in [-0.15, -0.1) is 0 Å². The summed E-state index contributed by atoms with van der Waals surface area (Å²) in [7, 11) is 0. The normalized spacial score (nSPS) is 21.9. The van der Waals surface area contributed by atoms with Gasteiger partial charge < -0.3 is 14.8 Å². The highest BCUT2D eigenvalue weighted by Gasteiger charge is 2.32. The zero-order chi connectivity index (χ0) is 15.0. The predicted octanol–water partition coefficient (Wildman–Crippen LogP) is 2.99. The molecule has 2 N–H and O–H groups in total. The van der Waals surface area contributed by atoms with Crippen LogP contribution >= 0.6 is 23.4 Å². The average molecular weight is 326 g/mol. The molecule has 6 heteroatoms. The molecular formula is C15H16ClNO3S. The van der Waals surface area contributed by atoms with Crippen LogP contribution in [0.1, 0.15) is 22.5 Å². The number of furan rings is 1. The number of amides is 1. The summed E-state index contributed by atoms with van der Waals surface area (Å²) < 4.78 is 5.61. The van der Waals surface area contributed by atoms with Crippen LogP contribution in [-0.2, 0) is 0 Å². The lowest BCUT2D eigenvalue weighted by Gasteiger charge is -2.21. The van der Waals surface area contributed by atoms with Crippen LogP contribution in [0.15, 0.2) is 22.6 Å². The molecule has 1 atom stereocenters. The monoisotopic (exact) mass is 325 g/mol. The molecule has 1 unspecified atom stereocenters. The fourth-order valence-electron chi connectivity index (χ4n) is 2.47. The quantitative estimate of drug-likeness (QED) is 0.910. The van der Waals surface area contributed by atoms with Gasteiger partial charge in [-0.1, -0.05) is 11.6 Å². The zero-order valence-corrected chi connectivity index (χ0v) is 13.2. The van der Waals surface area contributed by atoms with Crippen LogP contribution in [0, 0.1) is 6.92 Å². The summed E-state index contributed by atoms with van der Waals surface area (Å²) in [5.41, 5.74) is 0.596. The average Bonchev–Trinajstić information content (AvgIpc) is 3.02. The summed E-state index contributed by atoms with van der Waals surface area (Å²) in [5.74, 6) is 1.56. The predicted molar refractivity (Wildman–Crippen MR) is 85.2 cm³/mol. The highest BCUT2D eigenvalue weighted by molar-refractivity contribution is 7.99. The van der Waals surface area contributed by atoms with E-state index in [1.165, 1.54) is 0 Å². The Morgan fingerprint density at radius 2 is 2.38 bits per heavy atom. The number of fused-ring (bicyclic) bond motifs is 1. The van der Waals surface area contributed by atoms with Gasteiger partial charge in [-0.3, -0.25) is 4.79 Å². The number of rotatable bonds is 3. The second-order valence-corrected chi connectivity index (χ2v) is 6.95. The minimum absolute atomic E-state index is 0.246. The molecule has 1 aliphatic rings. The van der Waals surface area contributed by atoms with E-state index in [0.717, 1.165) is 16.7 Å². The fourth-order valence-corrected chi connectivity index (χ4v) is 3.94. The van der Waals surface area contributed by atoms with Crippen molar-refractivity contribution in [3.8, 4) is 0 Å². The number of aliphatic hydroxyl groups is 1. The standard InChI is InChI=1S/C15H16ClNO3S/c1-9-11-6-10(16)2-3-12(11)20-13(9)14(18)17-7-15(19)4-5-21-8-15/h2-3,6,19H,4-5,7-8H2,1H3,(H,17,18). The van der Waals surface area contributed by atoms with Crippen LogP contribution in [0.2, 0.25) is 5.02 Å². The molecular weight excluding hydrogens is 310 g/mol. The first kappa shape index (κ1) is 14.8. The van der Waals surface area contributed by atoms with Gasteiger partial charge in [-0.05, 0) is 37.3 Å². The molecule has 1 aromatic carbocycles. The molecule has 0 spiro atoms. The summed E-state index contributed by atoms with van der Waals surface area (Å²) in [4.78, 5) is 12.3. The Morgan fingerprint density at radius 3 is 3.10 bits per heavy atom. The van der Waals surface area contributed by atoms with Gasteiger partial charge in [0.25, 0.3) is 5.91 Å². The molecule has 1 saturated heterocycles. The number of hydrogen-bond acceptors (Lipinski definition) is 4. The van der Waals surface area contributed by atoms with Gasteiger partial charge in [0.1, 0.15) is 5.58 Å². The van der Waals surface area contributed by atoms with Crippen molar-refractivity contribution in [1.29, 1.82) is 0 Å². The second kappa shape index (κ2) is 5.55. The number of carbonyl (C=O) groups is 1. The number of thioether (sulfide) groups is 1. The van der Waals surface area contributed by atoms with Crippen LogP contribution in [0.3, 0.4) is 0 Å². The summed E-state index contributed by atoms with van der Waals surface area (Å²) in [5, 5.41) is 14.5. The van der Waals surface area contributed by atoms with Crippen molar-refractivity contribution in [2.24, 2.45) is 0 Å². The SMILES string of the molecule is Cc1c(C(=O)NCC2(O)CCSC2)oc2ccc(Cl)cc12. The molecule has 0 saturated carbocycles. The van der Waals surface area contributed by atoms with E-state index in [1.54, 1.807) is 30.0 Å². The lowest BCUT2D eigenvalue weighted by molar-refractivity contribution is 0.0603. The Hall–Kier alpha value is -1.17. The summed E-state index contributed by atoms with van der Waals surface area (Å²) in [6.45, 7) is 2.08. The first-order chi connectivity index (χ1) is 9.98. The number of aryl methyl sites for hydroxylation is 1. The molecule has 0 aliphatic carbocycles. The first-order valence-corrected chi connectivity index (χ1v) is 8.29. The van der Waals surface area contributed by atoms with E-state index in [9.17, 15) is 9.90 Å². The van der Waals surface area contributed by atoms with Crippen molar-refractivity contribution >= 4 is 40.2 Å². The van der Waals surface area contributed by atoms with Crippen molar-refractivity contribution in [3.05, 3.63) is 34.5 Å². The minimum Gasteiger partial charge on any atom is -0.451 e. The summed E-state index contributed by atoms with van der Waals surface area (Å²) >= 11 is 7.67. The van der Waals surface area contributed by atoms with Gasteiger partial charge >= 0.3 is 0 Å². The van der Waals surface area contributed by atoms with Gasteiger partial charge in [-0.2, -0.15) is 11.8 Å². The third kappa shape index (κ3) is 2.91. The molecule has 2 heterocycles. The molecule has 3 rings (SSSR count). The maximum Gasteiger partial charge on any atom is 0.287 e. The highest BCUT2D eigenvalue weighted by atomic mass is 35.5. The number of nitrogens with one attached hydrogen (secondary N) is 1. The van der Waals surface area contributed by atoms with Gasteiger partial charge in [0, 0.05) is 28.3 Å². The molecule has 2 aromatic rings. The molecule has 4 nitrogen and oxygen atoms in total. The lowest BCUT2D eigenvalue weighted by atomic mass is 10.0. The summed E-state index contributed by atoms with van der Waals surface area (Å²) in [6.07, 6.45) is 0.701. The van der Waals surface area contributed by atoms with E-state index in [-0.39, 0.29) is 18.2 Å². The van der Waals surface area contributed by atoms with Gasteiger partial charge in [-0.25, -0.2) is 0 Å². The molecule has 1 aliphatic heterocycles. The van der Waals surface area contributed by atoms with Crippen molar-refractivity contribution < 1.29 is 14.3 Å². The van der Waals surface area contributed by atoms with Crippen LogP contribution < -0.4 is 5.32 Å². The van der Waals surface area contributed by atoms with Gasteiger partial charge in [0.05, 0.1) is 5.60 Å². The van der Waals surface area contributed by atoms with E-state index in [1.807, 2.05) is 6.92 Å². The van der Waals surface area contributed by atoms with Crippen molar-refractivity contribution in [3.63, 3.8) is 0 Å². The zero-order valence-electron chi connectivity index (χ0n) is 11.6. The third-order valence-corrected chi connectivity index (χ3v) is 5.23. The van der Waals surface area contributed by atoms with Crippen LogP contribution in [-0.4, -0.2) is 34.7 Å². The topological polar surface area (TPSA) is 62.5 Å². The number of hydrogen-bond donors (Lipinski definition) is 2. The van der Waals surface area contributed by atoms with Crippen LogP contribution in [0.5, 0.6) is 0 Å². The third-order valence-electron chi connectivity index (χ3n) is 3.76. The van der Waals surface area contributed by atoms with Gasteiger partial charge in [0.2, 0.25) is 0 Å². The molecule has 0 radical (unpaired) electrons. The van der Waals surface area contributed by atoms with E-state index in [2.05, 4.69) is 5.32 Å². The van der Waals surface area contributed by atoms with E-state index in [4.69, 9.17) is 16.0 Å². The van der Waals surface area contributed by atoms with E-state index < -0.39 is 5.60 Å². The molecule has 1 fully saturated rings. The Bertz CT molecular complexity index is 692. The van der Waals surface area contributed by atoms with E-state index in [0.29, 0.717) is 22.8 Å². The lowest BCUT2D eigenvalue weighted by Crippen LogP contribution is -2.43. The number of carbonyl (C=O) groups excluding carboxylic acids is 1. The molecule has 1 aromatic heterocycles. The molecule has 1 amide bonds. The minimum atomic E-state index is -0.802. The molecule has 0 bridgehead atoms. The number of benzene rings is 1. The largest absolute Gasteiger partial charge is 0.451 e. The summed E-state index contributed by atoms with van der Waals surface area (Å²) in [6, 6.07) is 5.27. The second-order valence-electron chi connectivity index (χ2n) is 5.41. The molecule has 112 valence electrons. The van der Waals surface area contributed by atoms with Crippen LogP contribution in [0.25, 0.3) is 11.0 Å². The van der Waals surface area contributed by atoms with Crippen molar-refractivity contribution in [1.82, 2.24) is 5.32 Å². The van der Waals surface area contributed by atoms with Gasteiger partial charge in [0.15, 0.2) is 5.76 Å². The van der Waals surface area contributed by atoms with Crippen molar-refractivity contribution in [2.75, 3.05) is 18.1 Å². The smallest absolute Gasteiger partial charge is 0.287 e. The Balaban J connectivity index is 1.80. The maximum atomic E-state index is 12.3. The Labute approximate surface area is 131 Å². The fraction of sp³-hybridized carbons (Fsp3) is 0.400.